The fraction of sp³-hybridized carbons (Fsp3) is 0.182. The van der Waals surface area contributed by atoms with E-state index in [1.54, 1.807) is 7.11 Å². The number of aromatic nitrogens is 1. The first-order valence-electron chi connectivity index (χ1n) is 4.58. The molecule has 1 aromatic carbocycles. The number of anilines is 1. The smallest absolute Gasteiger partial charge is 0.129 e. The fourth-order valence-corrected chi connectivity index (χ4v) is 2.21. The van der Waals surface area contributed by atoms with Crippen molar-refractivity contribution in [2.75, 3.05) is 12.8 Å². The number of benzene rings is 1. The summed E-state index contributed by atoms with van der Waals surface area (Å²) in [4.78, 5) is 4.40. The summed E-state index contributed by atoms with van der Waals surface area (Å²) in [5, 5.41) is 1.67. The quantitative estimate of drug-likeness (QED) is 0.846. The van der Waals surface area contributed by atoms with Crippen molar-refractivity contribution in [1.82, 2.24) is 4.98 Å². The third-order valence-electron chi connectivity index (χ3n) is 2.17. The minimum Gasteiger partial charge on any atom is -0.496 e. The molecular weight excluding hydrogens is 208 g/mol. The summed E-state index contributed by atoms with van der Waals surface area (Å²) in [5.74, 6) is 0.825. The molecule has 0 bridgehead atoms. The molecule has 0 fully saturated rings. The minimum absolute atomic E-state index is 0.760. The van der Waals surface area contributed by atoms with Crippen molar-refractivity contribution >= 4 is 16.3 Å². The molecular formula is C11H12N2OS. The van der Waals surface area contributed by atoms with Crippen molar-refractivity contribution in [2.45, 2.75) is 6.92 Å². The van der Waals surface area contributed by atoms with Gasteiger partial charge < -0.3 is 10.5 Å². The second-order valence-corrected chi connectivity index (χ2v) is 4.20. The van der Waals surface area contributed by atoms with Gasteiger partial charge in [-0.3, -0.25) is 0 Å². The van der Waals surface area contributed by atoms with E-state index in [0.29, 0.717) is 0 Å². The topological polar surface area (TPSA) is 48.1 Å². The molecule has 2 rings (SSSR count). The molecule has 0 aliphatic rings. The highest BCUT2D eigenvalue weighted by molar-refractivity contribution is 7.18. The number of hydrogen-bond donors (Lipinski definition) is 1. The molecule has 0 atom stereocenters. The van der Waals surface area contributed by atoms with Crippen LogP contribution in [0.2, 0.25) is 0 Å². The molecule has 0 spiro atoms. The molecule has 0 amide bonds. The molecule has 1 aromatic heterocycles. The SMILES string of the molecule is COc1ccccc1-c1nc(C)c(N)s1. The lowest BCUT2D eigenvalue weighted by Gasteiger charge is -2.04. The molecule has 2 aromatic rings. The van der Waals surface area contributed by atoms with Gasteiger partial charge in [0.2, 0.25) is 0 Å². The summed E-state index contributed by atoms with van der Waals surface area (Å²) in [5.41, 5.74) is 7.65. The van der Waals surface area contributed by atoms with E-state index < -0.39 is 0 Å². The predicted octanol–water partition coefficient (Wildman–Crippen LogP) is 2.71. The lowest BCUT2D eigenvalue weighted by Crippen LogP contribution is -1.86. The third-order valence-corrected chi connectivity index (χ3v) is 3.19. The number of para-hydroxylation sites is 1. The van der Waals surface area contributed by atoms with Gasteiger partial charge in [-0.15, -0.1) is 0 Å². The Hall–Kier alpha value is -1.55. The van der Waals surface area contributed by atoms with Crippen molar-refractivity contribution in [3.63, 3.8) is 0 Å². The molecule has 15 heavy (non-hydrogen) atoms. The molecule has 4 heteroatoms. The van der Waals surface area contributed by atoms with Gasteiger partial charge >= 0.3 is 0 Å². The van der Waals surface area contributed by atoms with Crippen LogP contribution in [0.1, 0.15) is 5.69 Å². The van der Waals surface area contributed by atoms with Crippen LogP contribution in [-0.4, -0.2) is 12.1 Å². The number of thiazole rings is 1. The average molecular weight is 220 g/mol. The van der Waals surface area contributed by atoms with Crippen molar-refractivity contribution in [3.8, 4) is 16.3 Å². The largest absolute Gasteiger partial charge is 0.496 e. The summed E-state index contributed by atoms with van der Waals surface area (Å²) in [6.45, 7) is 1.91. The van der Waals surface area contributed by atoms with Crippen molar-refractivity contribution in [2.24, 2.45) is 0 Å². The summed E-state index contributed by atoms with van der Waals surface area (Å²) in [6, 6.07) is 7.80. The highest BCUT2D eigenvalue weighted by Gasteiger charge is 2.10. The molecule has 0 saturated heterocycles. The maximum Gasteiger partial charge on any atom is 0.129 e. The summed E-state index contributed by atoms with van der Waals surface area (Å²) >= 11 is 1.48. The maximum atomic E-state index is 5.78. The van der Waals surface area contributed by atoms with Gasteiger partial charge in [-0.25, -0.2) is 4.98 Å². The van der Waals surface area contributed by atoms with Crippen LogP contribution in [0.3, 0.4) is 0 Å². The Labute approximate surface area is 92.5 Å². The Morgan fingerprint density at radius 2 is 2.07 bits per heavy atom. The Kier molecular flexibility index (Phi) is 2.60. The number of nitrogens with two attached hydrogens (primary N) is 1. The predicted molar refractivity (Wildman–Crippen MR) is 63.3 cm³/mol. The van der Waals surface area contributed by atoms with Crippen LogP contribution in [0, 0.1) is 6.92 Å². The number of rotatable bonds is 2. The Bertz CT molecular complexity index is 460. The van der Waals surface area contributed by atoms with Gasteiger partial charge in [-0.1, -0.05) is 23.5 Å². The van der Waals surface area contributed by atoms with E-state index in [0.717, 1.165) is 27.0 Å². The van der Waals surface area contributed by atoms with Gasteiger partial charge in [0, 0.05) is 0 Å². The lowest BCUT2D eigenvalue weighted by molar-refractivity contribution is 0.416. The third kappa shape index (κ3) is 1.80. The molecule has 0 aliphatic carbocycles. The van der Waals surface area contributed by atoms with Crippen LogP contribution in [0.5, 0.6) is 5.75 Å². The van der Waals surface area contributed by atoms with Crippen LogP contribution in [0.15, 0.2) is 24.3 Å². The van der Waals surface area contributed by atoms with E-state index >= 15 is 0 Å². The van der Waals surface area contributed by atoms with Crippen molar-refractivity contribution < 1.29 is 4.74 Å². The van der Waals surface area contributed by atoms with E-state index in [-0.39, 0.29) is 0 Å². The van der Waals surface area contributed by atoms with E-state index in [4.69, 9.17) is 10.5 Å². The number of nitrogens with zero attached hydrogens (tertiary/aromatic N) is 1. The van der Waals surface area contributed by atoms with Crippen LogP contribution < -0.4 is 10.5 Å². The van der Waals surface area contributed by atoms with Crippen LogP contribution >= 0.6 is 11.3 Å². The second kappa shape index (κ2) is 3.90. The molecule has 78 valence electrons. The van der Waals surface area contributed by atoms with Gasteiger partial charge in [0.15, 0.2) is 0 Å². The standard InChI is InChI=1S/C11H12N2OS/c1-7-10(12)15-11(13-7)8-5-3-4-6-9(8)14-2/h3-6H,12H2,1-2H3. The molecule has 0 saturated carbocycles. The number of methoxy groups -OCH3 is 1. The van der Waals surface area contributed by atoms with E-state index in [1.165, 1.54) is 11.3 Å². The Balaban J connectivity index is 2.53. The second-order valence-electron chi connectivity index (χ2n) is 3.17. The molecule has 2 N–H and O–H groups in total. The van der Waals surface area contributed by atoms with Crippen molar-refractivity contribution in [3.05, 3.63) is 30.0 Å². The summed E-state index contributed by atoms with van der Waals surface area (Å²) in [7, 11) is 1.66. The highest BCUT2D eigenvalue weighted by Crippen LogP contribution is 2.34. The Morgan fingerprint density at radius 3 is 2.67 bits per heavy atom. The lowest BCUT2D eigenvalue weighted by atomic mass is 10.2. The van der Waals surface area contributed by atoms with Crippen molar-refractivity contribution in [1.29, 1.82) is 0 Å². The van der Waals surface area contributed by atoms with Crippen LogP contribution in [0.4, 0.5) is 5.00 Å². The van der Waals surface area contributed by atoms with Gasteiger partial charge in [-0.05, 0) is 19.1 Å². The monoisotopic (exact) mass is 220 g/mol. The van der Waals surface area contributed by atoms with Gasteiger partial charge in [0.05, 0.1) is 18.4 Å². The number of hydrogen-bond acceptors (Lipinski definition) is 4. The summed E-state index contributed by atoms with van der Waals surface area (Å²) < 4.78 is 5.27. The number of ether oxygens (including phenoxy) is 1. The number of aryl methyl sites for hydroxylation is 1. The van der Waals surface area contributed by atoms with Gasteiger partial charge in [-0.2, -0.15) is 0 Å². The molecule has 0 radical (unpaired) electrons. The van der Waals surface area contributed by atoms with Crippen LogP contribution in [0.25, 0.3) is 10.6 Å². The van der Waals surface area contributed by atoms with E-state index in [9.17, 15) is 0 Å². The minimum atomic E-state index is 0.760. The normalized spacial score (nSPS) is 10.3. The average Bonchev–Trinajstić information content (AvgIpc) is 2.59. The zero-order valence-corrected chi connectivity index (χ0v) is 9.47. The first-order chi connectivity index (χ1) is 7.22. The number of nitrogen functional groups attached to an aromatic ring is 1. The first kappa shape index (κ1) is 9.98. The molecule has 1 heterocycles. The molecule has 0 unspecified atom stereocenters. The molecule has 0 aliphatic heterocycles. The van der Waals surface area contributed by atoms with E-state index in [1.807, 2.05) is 31.2 Å². The first-order valence-corrected chi connectivity index (χ1v) is 5.40. The maximum absolute atomic E-state index is 5.78. The van der Waals surface area contributed by atoms with E-state index in [2.05, 4.69) is 4.98 Å². The van der Waals surface area contributed by atoms with Crippen LogP contribution in [-0.2, 0) is 0 Å². The highest BCUT2D eigenvalue weighted by atomic mass is 32.1. The zero-order valence-electron chi connectivity index (χ0n) is 8.65. The summed E-state index contributed by atoms with van der Waals surface area (Å²) in [6.07, 6.45) is 0. The Morgan fingerprint density at radius 1 is 1.33 bits per heavy atom. The van der Waals surface area contributed by atoms with Gasteiger partial charge in [0.25, 0.3) is 0 Å². The fourth-order valence-electron chi connectivity index (χ4n) is 1.34. The molecule has 3 nitrogen and oxygen atoms in total. The van der Waals surface area contributed by atoms with Gasteiger partial charge in [0.1, 0.15) is 15.8 Å². The zero-order chi connectivity index (χ0) is 10.8.